The van der Waals surface area contributed by atoms with Gasteiger partial charge in [-0.1, -0.05) is 0 Å². The van der Waals surface area contributed by atoms with Crippen molar-refractivity contribution in [2.75, 3.05) is 24.6 Å². The van der Waals surface area contributed by atoms with E-state index < -0.39 is 17.6 Å². The van der Waals surface area contributed by atoms with Crippen LogP contribution in [-0.4, -0.2) is 35.4 Å². The van der Waals surface area contributed by atoms with Crippen molar-refractivity contribution in [1.82, 2.24) is 9.55 Å². The summed E-state index contributed by atoms with van der Waals surface area (Å²) in [5.41, 5.74) is 2.20. The first-order chi connectivity index (χ1) is 13.3. The van der Waals surface area contributed by atoms with Gasteiger partial charge in [-0.15, -0.1) is 0 Å². The summed E-state index contributed by atoms with van der Waals surface area (Å²) >= 11 is 0. The first-order valence-corrected chi connectivity index (χ1v) is 8.94. The maximum Gasteiger partial charge on any atom is 0.416 e. The van der Waals surface area contributed by atoms with Crippen LogP contribution in [0.2, 0.25) is 0 Å². The van der Waals surface area contributed by atoms with Crippen LogP contribution in [0.1, 0.15) is 11.1 Å². The number of halogens is 4. The number of aromatic nitrogens is 2. The van der Waals surface area contributed by atoms with Gasteiger partial charge in [0.25, 0.3) is 0 Å². The Kier molecular flexibility index (Phi) is 4.74. The lowest BCUT2D eigenvalue weighted by Gasteiger charge is -2.34. The van der Waals surface area contributed by atoms with E-state index >= 15 is 0 Å². The number of rotatable bonds is 3. The minimum atomic E-state index is -4.57. The molecule has 0 N–H and O–H groups in total. The maximum absolute atomic E-state index is 13.6. The highest BCUT2D eigenvalue weighted by Gasteiger charge is 2.32. The Hall–Kier alpha value is -2.61. The number of alkyl halides is 3. The van der Waals surface area contributed by atoms with E-state index in [9.17, 15) is 17.6 Å². The van der Waals surface area contributed by atoms with E-state index in [2.05, 4.69) is 9.88 Å². The summed E-state index contributed by atoms with van der Waals surface area (Å²) in [6.07, 6.45) is -2.93. The lowest BCUT2D eigenvalue weighted by atomic mass is 10.0. The molecule has 1 unspecified atom stereocenters. The van der Waals surface area contributed by atoms with Gasteiger partial charge in [-0.3, -0.25) is 0 Å². The monoisotopic (exact) mass is 393 g/mol. The maximum atomic E-state index is 13.6. The molecule has 1 aliphatic rings. The fraction of sp³-hybridized carbons (Fsp3) is 0.350. The zero-order chi connectivity index (χ0) is 19.9. The number of anilines is 1. The highest BCUT2D eigenvalue weighted by Crippen LogP contribution is 2.31. The van der Waals surface area contributed by atoms with Crippen LogP contribution in [0.4, 0.5) is 23.2 Å². The average molecular weight is 393 g/mol. The predicted molar refractivity (Wildman–Crippen MR) is 97.8 cm³/mol. The molecule has 148 valence electrons. The molecule has 0 radical (unpaired) electrons. The third-order valence-electron chi connectivity index (χ3n) is 4.96. The zero-order valence-corrected chi connectivity index (χ0v) is 15.2. The van der Waals surface area contributed by atoms with E-state index in [1.165, 1.54) is 0 Å². The molecule has 1 aliphatic heterocycles. The molecule has 28 heavy (non-hydrogen) atoms. The molecule has 4 rings (SSSR count). The summed E-state index contributed by atoms with van der Waals surface area (Å²) in [4.78, 5) is 6.43. The Morgan fingerprint density at radius 1 is 1.18 bits per heavy atom. The zero-order valence-electron chi connectivity index (χ0n) is 15.2. The molecule has 4 nitrogen and oxygen atoms in total. The third-order valence-corrected chi connectivity index (χ3v) is 4.96. The van der Waals surface area contributed by atoms with Gasteiger partial charge in [-0.25, -0.2) is 9.37 Å². The number of imidazole rings is 1. The van der Waals surface area contributed by atoms with Gasteiger partial charge in [-0.05, 0) is 42.0 Å². The molecule has 0 spiro atoms. The molecule has 2 aromatic carbocycles. The fourth-order valence-electron chi connectivity index (χ4n) is 3.58. The van der Waals surface area contributed by atoms with Crippen LogP contribution in [0.25, 0.3) is 11.0 Å². The van der Waals surface area contributed by atoms with Crippen LogP contribution >= 0.6 is 0 Å². The van der Waals surface area contributed by atoms with Crippen molar-refractivity contribution in [2.24, 2.45) is 7.05 Å². The van der Waals surface area contributed by atoms with Crippen LogP contribution in [0.3, 0.4) is 0 Å². The third kappa shape index (κ3) is 3.82. The van der Waals surface area contributed by atoms with E-state index in [0.717, 1.165) is 28.9 Å². The number of nitrogens with zero attached hydrogens (tertiary/aromatic N) is 3. The van der Waals surface area contributed by atoms with Crippen LogP contribution in [0.5, 0.6) is 0 Å². The number of hydrogen-bond acceptors (Lipinski definition) is 3. The van der Waals surface area contributed by atoms with Crippen molar-refractivity contribution in [3.8, 4) is 0 Å². The molecular formula is C20H19F4N3O. The number of benzene rings is 2. The topological polar surface area (TPSA) is 30.3 Å². The lowest BCUT2D eigenvalue weighted by Crippen LogP contribution is -2.43. The van der Waals surface area contributed by atoms with Gasteiger partial charge in [0.1, 0.15) is 5.82 Å². The second kappa shape index (κ2) is 7.09. The molecule has 0 aliphatic carbocycles. The number of aryl methyl sites for hydroxylation is 1. The predicted octanol–water partition coefficient (Wildman–Crippen LogP) is 4.18. The largest absolute Gasteiger partial charge is 0.416 e. The van der Waals surface area contributed by atoms with E-state index in [1.54, 1.807) is 6.33 Å². The SMILES string of the molecule is Cn1cnc2ccc(N3CCOC(Cc4cc(F)cc(C(F)(F)F)c4)C3)cc21. The van der Waals surface area contributed by atoms with Crippen molar-refractivity contribution in [2.45, 2.75) is 18.7 Å². The number of fused-ring (bicyclic) bond motifs is 1. The van der Waals surface area contributed by atoms with Gasteiger partial charge in [0.2, 0.25) is 0 Å². The Morgan fingerprint density at radius 3 is 2.79 bits per heavy atom. The molecule has 0 saturated carbocycles. The van der Waals surface area contributed by atoms with E-state index in [4.69, 9.17) is 4.74 Å². The van der Waals surface area contributed by atoms with Gasteiger partial charge in [0.05, 0.1) is 35.6 Å². The second-order valence-corrected chi connectivity index (χ2v) is 7.02. The standard InChI is InChI=1S/C20H19F4N3O/c1-26-12-25-18-3-2-16(10-19(18)26)27-4-5-28-17(11-27)8-13-6-14(20(22,23)24)9-15(21)7-13/h2-3,6-7,9-10,12,17H,4-5,8,11H2,1H3. The van der Waals surface area contributed by atoms with Crippen LogP contribution < -0.4 is 4.90 Å². The van der Waals surface area contributed by atoms with Crippen LogP contribution in [0, 0.1) is 5.82 Å². The van der Waals surface area contributed by atoms with Crippen LogP contribution in [0.15, 0.2) is 42.7 Å². The van der Waals surface area contributed by atoms with Crippen molar-refractivity contribution < 1.29 is 22.3 Å². The highest BCUT2D eigenvalue weighted by atomic mass is 19.4. The number of morpholine rings is 1. The number of hydrogen-bond donors (Lipinski definition) is 0. The molecule has 1 saturated heterocycles. The Balaban J connectivity index is 1.52. The number of ether oxygens (including phenoxy) is 1. The van der Waals surface area contributed by atoms with Gasteiger partial charge < -0.3 is 14.2 Å². The smallest absolute Gasteiger partial charge is 0.374 e. The van der Waals surface area contributed by atoms with E-state index in [1.807, 2.05) is 29.8 Å². The molecule has 1 atom stereocenters. The summed E-state index contributed by atoms with van der Waals surface area (Å²) in [5, 5.41) is 0. The Bertz CT molecular complexity index is 999. The molecule has 8 heteroatoms. The molecular weight excluding hydrogens is 374 g/mol. The summed E-state index contributed by atoms with van der Waals surface area (Å²) < 4.78 is 60.1. The molecule has 1 aromatic heterocycles. The van der Waals surface area contributed by atoms with Crippen molar-refractivity contribution in [1.29, 1.82) is 0 Å². The normalized spacial score (nSPS) is 18.0. The van der Waals surface area contributed by atoms with Gasteiger partial charge >= 0.3 is 6.18 Å². The minimum Gasteiger partial charge on any atom is -0.374 e. The molecule has 3 aromatic rings. The summed E-state index contributed by atoms with van der Waals surface area (Å²) in [6.45, 7) is 1.65. The van der Waals surface area contributed by atoms with Gasteiger partial charge in [-0.2, -0.15) is 13.2 Å². The lowest BCUT2D eigenvalue weighted by molar-refractivity contribution is -0.137. The van der Waals surface area contributed by atoms with Crippen molar-refractivity contribution in [3.63, 3.8) is 0 Å². The first kappa shape index (κ1) is 18.7. The van der Waals surface area contributed by atoms with Gasteiger partial charge in [0.15, 0.2) is 0 Å². The van der Waals surface area contributed by atoms with Crippen LogP contribution in [-0.2, 0) is 24.4 Å². The summed E-state index contributed by atoms with van der Waals surface area (Å²) in [7, 11) is 1.92. The minimum absolute atomic E-state index is 0.214. The van der Waals surface area contributed by atoms with E-state index in [0.29, 0.717) is 25.8 Å². The molecule has 2 heterocycles. The Morgan fingerprint density at radius 2 is 2.00 bits per heavy atom. The van der Waals surface area contributed by atoms with Gasteiger partial charge in [0, 0.05) is 32.2 Å². The summed E-state index contributed by atoms with van der Waals surface area (Å²) in [5.74, 6) is -0.890. The highest BCUT2D eigenvalue weighted by molar-refractivity contribution is 5.79. The fourth-order valence-corrected chi connectivity index (χ4v) is 3.58. The molecule has 0 amide bonds. The average Bonchev–Trinajstić information content (AvgIpc) is 3.01. The molecule has 1 fully saturated rings. The van der Waals surface area contributed by atoms with Crippen molar-refractivity contribution in [3.05, 3.63) is 59.7 Å². The second-order valence-electron chi connectivity index (χ2n) is 7.02. The summed E-state index contributed by atoms with van der Waals surface area (Å²) in [6, 6.07) is 8.60. The van der Waals surface area contributed by atoms with Crippen molar-refractivity contribution >= 4 is 16.7 Å². The first-order valence-electron chi connectivity index (χ1n) is 8.94. The quantitative estimate of drug-likeness (QED) is 0.626. The Labute approximate surface area is 159 Å². The molecule has 0 bridgehead atoms. The van der Waals surface area contributed by atoms with E-state index in [-0.39, 0.29) is 18.1 Å².